The van der Waals surface area contributed by atoms with Gasteiger partial charge in [0.2, 0.25) is 10.0 Å². The third kappa shape index (κ3) is 7.18. The van der Waals surface area contributed by atoms with Gasteiger partial charge >= 0.3 is 0 Å². The minimum absolute atomic E-state index is 0.144. The molecule has 0 bridgehead atoms. The summed E-state index contributed by atoms with van der Waals surface area (Å²) in [6.07, 6.45) is 2.24. The summed E-state index contributed by atoms with van der Waals surface area (Å²) < 4.78 is 37.1. The fourth-order valence-corrected chi connectivity index (χ4v) is 6.00. The zero-order chi connectivity index (χ0) is 25.4. The number of thioether (sulfide) groups is 1. The van der Waals surface area contributed by atoms with Gasteiger partial charge < -0.3 is 9.30 Å². The molecule has 1 atom stereocenters. The van der Waals surface area contributed by atoms with Crippen LogP contribution in [0.2, 0.25) is 5.02 Å². The zero-order valence-corrected chi connectivity index (χ0v) is 22.3. The second kappa shape index (κ2) is 12.8. The summed E-state index contributed by atoms with van der Waals surface area (Å²) in [6.45, 7) is 8.39. The van der Waals surface area contributed by atoms with E-state index in [0.29, 0.717) is 42.8 Å². The zero-order valence-electron chi connectivity index (χ0n) is 19.9. The van der Waals surface area contributed by atoms with E-state index in [4.69, 9.17) is 16.3 Å². The molecule has 2 aromatic carbocycles. The molecule has 0 unspecified atom stereocenters. The summed E-state index contributed by atoms with van der Waals surface area (Å²) in [7, 11) is -3.84. The van der Waals surface area contributed by atoms with Crippen molar-refractivity contribution in [3.63, 3.8) is 0 Å². The summed E-state index contributed by atoms with van der Waals surface area (Å²) >= 11 is 7.51. The van der Waals surface area contributed by atoms with Crippen LogP contribution in [0.25, 0.3) is 0 Å². The maximum absolute atomic E-state index is 13.4. The quantitative estimate of drug-likeness (QED) is 0.272. The molecule has 1 fully saturated rings. The number of nitrogens with zero attached hydrogens (tertiary/aromatic N) is 4. The number of halogens is 1. The van der Waals surface area contributed by atoms with Crippen molar-refractivity contribution < 1.29 is 13.2 Å². The van der Waals surface area contributed by atoms with Crippen LogP contribution in [0.3, 0.4) is 0 Å². The van der Waals surface area contributed by atoms with E-state index in [1.165, 1.54) is 23.9 Å². The van der Waals surface area contributed by atoms with Gasteiger partial charge in [0, 0.05) is 37.0 Å². The number of sulfonamides is 1. The smallest absolute Gasteiger partial charge is 0.241 e. The maximum Gasteiger partial charge on any atom is 0.241 e. The molecular formula is C25H30ClN5O3S2. The summed E-state index contributed by atoms with van der Waals surface area (Å²) in [5.41, 5.74) is 0.990. The molecule has 3 aromatic rings. The summed E-state index contributed by atoms with van der Waals surface area (Å²) in [6, 6.07) is 15.3. The Labute approximate surface area is 221 Å². The predicted octanol–water partition coefficient (Wildman–Crippen LogP) is 3.80. The molecule has 0 radical (unpaired) electrons. The van der Waals surface area contributed by atoms with Gasteiger partial charge in [-0.05, 0) is 36.2 Å². The van der Waals surface area contributed by atoms with Crippen LogP contribution in [0.1, 0.15) is 17.4 Å². The summed E-state index contributed by atoms with van der Waals surface area (Å²) in [4.78, 5) is 2.48. The first kappa shape index (κ1) is 26.8. The van der Waals surface area contributed by atoms with Crippen LogP contribution in [0.15, 0.2) is 77.3 Å². The first-order chi connectivity index (χ1) is 17.5. The second-order valence-electron chi connectivity index (χ2n) is 8.36. The average molecular weight is 548 g/mol. The lowest BCUT2D eigenvalue weighted by atomic mass is 10.1. The molecule has 11 heteroatoms. The van der Waals surface area contributed by atoms with Crippen molar-refractivity contribution in [2.75, 3.05) is 38.6 Å². The molecule has 1 saturated heterocycles. The molecule has 0 amide bonds. The third-order valence-electron chi connectivity index (χ3n) is 5.83. The van der Waals surface area contributed by atoms with Crippen LogP contribution in [-0.4, -0.2) is 66.7 Å². The maximum atomic E-state index is 13.4. The van der Waals surface area contributed by atoms with Gasteiger partial charge in [0.1, 0.15) is 0 Å². The number of hydrogen-bond donors (Lipinski definition) is 1. The van der Waals surface area contributed by atoms with E-state index in [2.05, 4.69) is 26.4 Å². The fourth-order valence-electron chi connectivity index (χ4n) is 3.98. The Morgan fingerprint density at radius 2 is 1.81 bits per heavy atom. The van der Waals surface area contributed by atoms with E-state index in [1.807, 2.05) is 41.0 Å². The number of benzene rings is 2. The van der Waals surface area contributed by atoms with Crippen molar-refractivity contribution in [3.8, 4) is 0 Å². The van der Waals surface area contributed by atoms with Gasteiger partial charge in [-0.15, -0.1) is 16.8 Å². The lowest BCUT2D eigenvalue weighted by Gasteiger charge is -2.27. The first-order valence-electron chi connectivity index (χ1n) is 11.7. The Kier molecular flexibility index (Phi) is 9.58. The monoisotopic (exact) mass is 547 g/mol. The molecule has 192 valence electrons. The standard InChI is InChI=1S/C25H30ClN5O3S2/c1-2-18-35-25-28-27-24(31(25)13-12-30-14-16-34-17-15-30)23(19-20-6-4-3-5-7-20)29-36(32,33)22-10-8-21(26)9-11-22/h2-11,23,29H,1,12-19H2/t23-/m1/s1. The normalized spacial score (nSPS) is 15.6. The van der Waals surface area contributed by atoms with Crippen LogP contribution in [0.4, 0.5) is 0 Å². The van der Waals surface area contributed by atoms with Gasteiger partial charge in [0.25, 0.3) is 0 Å². The Bertz CT molecular complexity index is 1230. The van der Waals surface area contributed by atoms with Gasteiger partial charge in [-0.3, -0.25) is 4.90 Å². The molecule has 2 heterocycles. The summed E-state index contributed by atoms with van der Waals surface area (Å²) in [5, 5.41) is 10.1. The topological polar surface area (TPSA) is 89.3 Å². The van der Waals surface area contributed by atoms with Crippen molar-refractivity contribution in [2.45, 2.75) is 29.1 Å². The molecule has 0 saturated carbocycles. The van der Waals surface area contributed by atoms with Gasteiger partial charge in [0.05, 0.1) is 24.2 Å². The molecule has 1 aliphatic heterocycles. The van der Waals surface area contributed by atoms with Crippen LogP contribution in [-0.2, 0) is 27.7 Å². The van der Waals surface area contributed by atoms with Gasteiger partial charge in [-0.1, -0.05) is 59.8 Å². The predicted molar refractivity (Wildman–Crippen MR) is 143 cm³/mol. The lowest BCUT2D eigenvalue weighted by Crippen LogP contribution is -2.39. The molecule has 36 heavy (non-hydrogen) atoms. The summed E-state index contributed by atoms with van der Waals surface area (Å²) in [5.74, 6) is 1.26. The molecule has 0 aliphatic carbocycles. The number of morpholine rings is 1. The first-order valence-corrected chi connectivity index (χ1v) is 14.6. The van der Waals surface area contributed by atoms with E-state index in [0.717, 1.165) is 30.4 Å². The molecule has 8 nitrogen and oxygen atoms in total. The van der Waals surface area contributed by atoms with Crippen molar-refractivity contribution >= 4 is 33.4 Å². The Balaban J connectivity index is 1.66. The fraction of sp³-hybridized carbons (Fsp3) is 0.360. The number of nitrogens with one attached hydrogen (secondary N) is 1. The number of hydrogen-bond acceptors (Lipinski definition) is 7. The molecule has 0 spiro atoms. The third-order valence-corrected chi connectivity index (χ3v) is 8.54. The molecule has 1 aliphatic rings. The molecule has 4 rings (SSSR count). The SMILES string of the molecule is C=CCSc1nnc([C@@H](Cc2ccccc2)NS(=O)(=O)c2ccc(Cl)cc2)n1CCN1CCOCC1. The van der Waals surface area contributed by atoms with E-state index in [1.54, 1.807) is 12.1 Å². The van der Waals surface area contributed by atoms with Crippen molar-refractivity contribution in [1.29, 1.82) is 0 Å². The number of aromatic nitrogens is 3. The van der Waals surface area contributed by atoms with Crippen LogP contribution >= 0.6 is 23.4 Å². The highest BCUT2D eigenvalue weighted by Crippen LogP contribution is 2.26. The van der Waals surface area contributed by atoms with Crippen molar-refractivity contribution in [1.82, 2.24) is 24.4 Å². The van der Waals surface area contributed by atoms with E-state index in [9.17, 15) is 8.42 Å². The second-order valence-corrected chi connectivity index (χ2v) is 11.5. The highest BCUT2D eigenvalue weighted by Gasteiger charge is 2.28. The van der Waals surface area contributed by atoms with Crippen LogP contribution in [0.5, 0.6) is 0 Å². The molecule has 1 aromatic heterocycles. The molecule has 1 N–H and O–H groups in total. The average Bonchev–Trinajstić information content (AvgIpc) is 3.30. The van der Waals surface area contributed by atoms with Gasteiger partial charge in [0.15, 0.2) is 11.0 Å². The minimum Gasteiger partial charge on any atom is -0.379 e. The lowest BCUT2D eigenvalue weighted by molar-refractivity contribution is 0.0359. The largest absolute Gasteiger partial charge is 0.379 e. The number of rotatable bonds is 12. The van der Waals surface area contributed by atoms with Gasteiger partial charge in [-0.25, -0.2) is 13.1 Å². The van der Waals surface area contributed by atoms with E-state index >= 15 is 0 Å². The van der Waals surface area contributed by atoms with Crippen LogP contribution < -0.4 is 4.72 Å². The highest BCUT2D eigenvalue weighted by molar-refractivity contribution is 7.99. The Hall–Kier alpha value is -2.21. The van der Waals surface area contributed by atoms with Gasteiger partial charge in [-0.2, -0.15) is 0 Å². The highest BCUT2D eigenvalue weighted by atomic mass is 35.5. The Morgan fingerprint density at radius 3 is 2.50 bits per heavy atom. The number of ether oxygens (including phenoxy) is 1. The van der Waals surface area contributed by atoms with Crippen molar-refractivity contribution in [2.24, 2.45) is 0 Å². The van der Waals surface area contributed by atoms with Crippen LogP contribution in [0, 0.1) is 0 Å². The van der Waals surface area contributed by atoms with Crippen molar-refractivity contribution in [3.05, 3.63) is 83.7 Å². The Morgan fingerprint density at radius 1 is 1.08 bits per heavy atom. The van der Waals surface area contributed by atoms with E-state index in [-0.39, 0.29) is 4.90 Å². The minimum atomic E-state index is -3.84. The van der Waals surface area contributed by atoms with E-state index < -0.39 is 16.1 Å². The molecular weight excluding hydrogens is 518 g/mol.